The summed E-state index contributed by atoms with van der Waals surface area (Å²) in [4.78, 5) is 19.8. The number of β-amino-alcohol motifs (C(OH)–C–C–N with tert-alkyl or cyclic N) is 1. The molecule has 1 amide bonds. The van der Waals surface area contributed by atoms with E-state index in [0.29, 0.717) is 18.2 Å². The number of piperazine rings is 1. The lowest BCUT2D eigenvalue weighted by molar-refractivity contribution is 0.0957. The van der Waals surface area contributed by atoms with E-state index in [1.807, 2.05) is 6.07 Å². The zero-order valence-electron chi connectivity index (χ0n) is 12.0. The van der Waals surface area contributed by atoms with Crippen LogP contribution in [0.15, 0.2) is 18.5 Å². The van der Waals surface area contributed by atoms with Gasteiger partial charge in [-0.1, -0.05) is 0 Å². The van der Waals surface area contributed by atoms with Crippen molar-refractivity contribution < 1.29 is 9.90 Å². The number of aromatic nitrogens is 1. The summed E-state index contributed by atoms with van der Waals surface area (Å²) in [6.07, 6.45) is 2.87. The number of carbonyl (C=O) groups is 1. The number of nitrogens with two attached hydrogens (primary N) is 1. The maximum Gasteiger partial charge on any atom is 0.252 e. The number of carbonyl (C=O) groups excluding carboxylic acids is 1. The van der Waals surface area contributed by atoms with Gasteiger partial charge >= 0.3 is 0 Å². The molecule has 6 heteroatoms. The number of nitrogens with zero attached hydrogens (tertiary/aromatic N) is 3. The third-order valence-corrected chi connectivity index (χ3v) is 3.67. The lowest BCUT2D eigenvalue weighted by Crippen LogP contribution is -2.53. The fourth-order valence-electron chi connectivity index (χ4n) is 2.68. The number of aliphatic hydroxyl groups excluding tert-OH is 1. The Morgan fingerprint density at radius 2 is 2.35 bits per heavy atom. The topological polar surface area (TPSA) is 82.7 Å². The third-order valence-electron chi connectivity index (χ3n) is 3.67. The first-order valence-corrected chi connectivity index (χ1v) is 6.90. The summed E-state index contributed by atoms with van der Waals surface area (Å²) in [5.74, 6) is -0.452. The Balaban J connectivity index is 2.11. The summed E-state index contributed by atoms with van der Waals surface area (Å²) in [5.41, 5.74) is 6.71. The van der Waals surface area contributed by atoms with Gasteiger partial charge in [0.05, 0.1) is 17.4 Å². The van der Waals surface area contributed by atoms with Gasteiger partial charge in [-0.15, -0.1) is 0 Å². The van der Waals surface area contributed by atoms with E-state index in [-0.39, 0.29) is 6.10 Å². The van der Waals surface area contributed by atoms with Crippen LogP contribution in [0.2, 0.25) is 0 Å². The van der Waals surface area contributed by atoms with Crippen LogP contribution in [-0.4, -0.2) is 59.2 Å². The van der Waals surface area contributed by atoms with E-state index in [4.69, 9.17) is 5.73 Å². The van der Waals surface area contributed by atoms with Gasteiger partial charge in [0.25, 0.3) is 5.91 Å². The molecule has 0 radical (unpaired) electrons. The van der Waals surface area contributed by atoms with E-state index in [1.54, 1.807) is 13.1 Å². The molecule has 2 heterocycles. The van der Waals surface area contributed by atoms with Crippen molar-refractivity contribution in [3.63, 3.8) is 0 Å². The fraction of sp³-hybridized carbons (Fsp3) is 0.571. The molecule has 1 aliphatic heterocycles. The summed E-state index contributed by atoms with van der Waals surface area (Å²) in [5, 5.41) is 9.50. The highest BCUT2D eigenvalue weighted by Crippen LogP contribution is 2.22. The predicted octanol–water partition coefficient (Wildman–Crippen LogP) is 0.0718. The molecule has 6 nitrogen and oxygen atoms in total. The molecular formula is C14H22N4O2. The lowest BCUT2D eigenvalue weighted by atomic mass is 10.1. The third kappa shape index (κ3) is 3.26. The molecule has 1 aliphatic rings. The molecule has 20 heavy (non-hydrogen) atoms. The molecule has 3 N–H and O–H groups in total. The second-order valence-corrected chi connectivity index (χ2v) is 5.40. The zero-order valence-corrected chi connectivity index (χ0v) is 12.0. The number of aliphatic hydroxyl groups is 1. The number of hydrogen-bond acceptors (Lipinski definition) is 5. The molecule has 1 aromatic rings. The Kier molecular flexibility index (Phi) is 4.57. The van der Waals surface area contributed by atoms with Crippen molar-refractivity contribution >= 4 is 11.6 Å². The van der Waals surface area contributed by atoms with E-state index >= 15 is 0 Å². The highest BCUT2D eigenvalue weighted by molar-refractivity contribution is 5.98. The summed E-state index contributed by atoms with van der Waals surface area (Å²) < 4.78 is 0. The van der Waals surface area contributed by atoms with Gasteiger partial charge < -0.3 is 15.7 Å². The molecule has 2 rings (SSSR count). The van der Waals surface area contributed by atoms with Gasteiger partial charge in [0, 0.05) is 44.6 Å². The molecule has 0 aromatic carbocycles. The fourth-order valence-corrected chi connectivity index (χ4v) is 2.68. The monoisotopic (exact) mass is 278 g/mol. The van der Waals surface area contributed by atoms with E-state index in [1.165, 1.54) is 6.20 Å². The van der Waals surface area contributed by atoms with Crippen molar-refractivity contribution in [1.29, 1.82) is 0 Å². The minimum Gasteiger partial charge on any atom is -0.392 e. The van der Waals surface area contributed by atoms with Crippen molar-refractivity contribution in [2.75, 3.05) is 31.1 Å². The average molecular weight is 278 g/mol. The Morgan fingerprint density at radius 3 is 2.95 bits per heavy atom. The number of pyridine rings is 1. The highest BCUT2D eigenvalue weighted by Gasteiger charge is 2.26. The van der Waals surface area contributed by atoms with Gasteiger partial charge in [-0.25, -0.2) is 0 Å². The van der Waals surface area contributed by atoms with E-state index in [9.17, 15) is 9.90 Å². The number of hydrogen-bond donors (Lipinski definition) is 2. The van der Waals surface area contributed by atoms with Gasteiger partial charge in [0.15, 0.2) is 0 Å². The SMILES string of the molecule is CC(O)CN1CCN(c2ccncc2C(N)=O)CC1C. The maximum absolute atomic E-state index is 11.5. The van der Waals surface area contributed by atoms with Crippen molar-refractivity contribution in [2.45, 2.75) is 26.0 Å². The van der Waals surface area contributed by atoms with Crippen molar-refractivity contribution in [1.82, 2.24) is 9.88 Å². The van der Waals surface area contributed by atoms with Crippen LogP contribution in [0.25, 0.3) is 0 Å². The molecule has 0 saturated carbocycles. The minimum absolute atomic E-state index is 0.312. The summed E-state index contributed by atoms with van der Waals surface area (Å²) in [6.45, 7) is 7.06. The molecule has 110 valence electrons. The van der Waals surface area contributed by atoms with E-state index < -0.39 is 5.91 Å². The lowest BCUT2D eigenvalue weighted by Gasteiger charge is -2.41. The van der Waals surface area contributed by atoms with E-state index in [2.05, 4.69) is 21.7 Å². The molecular weight excluding hydrogens is 256 g/mol. The first-order chi connectivity index (χ1) is 9.49. The number of amides is 1. The van der Waals surface area contributed by atoms with Gasteiger partial charge in [0.1, 0.15) is 0 Å². The number of anilines is 1. The summed E-state index contributed by atoms with van der Waals surface area (Å²) in [7, 11) is 0. The second-order valence-electron chi connectivity index (χ2n) is 5.40. The van der Waals surface area contributed by atoms with Crippen LogP contribution in [0.4, 0.5) is 5.69 Å². The number of primary amides is 1. The molecule has 1 fully saturated rings. The minimum atomic E-state index is -0.452. The first kappa shape index (κ1) is 14.7. The standard InChI is InChI=1S/C14H22N4O2/c1-10-8-18(6-5-17(10)9-11(2)19)13-3-4-16-7-12(13)14(15)20/h3-4,7,10-11,19H,5-6,8-9H2,1-2H3,(H2,15,20). The highest BCUT2D eigenvalue weighted by atomic mass is 16.3. The second kappa shape index (κ2) is 6.19. The Bertz CT molecular complexity index is 478. The molecule has 2 atom stereocenters. The van der Waals surface area contributed by atoms with Crippen LogP contribution in [0.3, 0.4) is 0 Å². The first-order valence-electron chi connectivity index (χ1n) is 6.90. The maximum atomic E-state index is 11.5. The van der Waals surface area contributed by atoms with Crippen LogP contribution < -0.4 is 10.6 Å². The zero-order chi connectivity index (χ0) is 14.7. The Morgan fingerprint density at radius 1 is 1.60 bits per heavy atom. The van der Waals surface area contributed by atoms with Crippen LogP contribution in [-0.2, 0) is 0 Å². The van der Waals surface area contributed by atoms with Crippen LogP contribution in [0.5, 0.6) is 0 Å². The van der Waals surface area contributed by atoms with Gasteiger partial charge in [-0.05, 0) is 19.9 Å². The largest absolute Gasteiger partial charge is 0.392 e. The average Bonchev–Trinajstić information content (AvgIpc) is 2.40. The molecule has 0 spiro atoms. The normalized spacial score (nSPS) is 21.8. The van der Waals surface area contributed by atoms with Crippen LogP contribution in [0.1, 0.15) is 24.2 Å². The molecule has 0 aliphatic carbocycles. The molecule has 1 aromatic heterocycles. The van der Waals surface area contributed by atoms with Crippen molar-refractivity contribution in [3.8, 4) is 0 Å². The van der Waals surface area contributed by atoms with Crippen LogP contribution in [0, 0.1) is 0 Å². The smallest absolute Gasteiger partial charge is 0.252 e. The molecule has 0 bridgehead atoms. The van der Waals surface area contributed by atoms with E-state index in [0.717, 1.165) is 25.3 Å². The van der Waals surface area contributed by atoms with Crippen molar-refractivity contribution in [3.05, 3.63) is 24.0 Å². The molecule has 2 unspecified atom stereocenters. The summed E-state index contributed by atoms with van der Waals surface area (Å²) in [6, 6.07) is 2.14. The quantitative estimate of drug-likeness (QED) is 0.814. The summed E-state index contributed by atoms with van der Waals surface area (Å²) >= 11 is 0. The van der Waals surface area contributed by atoms with Crippen LogP contribution >= 0.6 is 0 Å². The van der Waals surface area contributed by atoms with Crippen molar-refractivity contribution in [2.24, 2.45) is 5.73 Å². The van der Waals surface area contributed by atoms with Gasteiger partial charge in [-0.3, -0.25) is 14.7 Å². The Labute approximate surface area is 119 Å². The van der Waals surface area contributed by atoms with Gasteiger partial charge in [-0.2, -0.15) is 0 Å². The number of rotatable bonds is 4. The van der Waals surface area contributed by atoms with Gasteiger partial charge in [0.2, 0.25) is 0 Å². The molecule has 1 saturated heterocycles. The Hall–Kier alpha value is -1.66. The predicted molar refractivity (Wildman–Crippen MR) is 77.7 cm³/mol.